The Bertz CT molecular complexity index is 1430. The topological polar surface area (TPSA) is 116 Å². The Morgan fingerprint density at radius 1 is 1.11 bits per heavy atom. The molecule has 0 atom stereocenters. The maximum absolute atomic E-state index is 12.6. The van der Waals surface area contributed by atoms with Crippen LogP contribution in [-0.2, 0) is 23.4 Å². The van der Waals surface area contributed by atoms with E-state index < -0.39 is 11.7 Å². The molecule has 0 bridgehead atoms. The van der Waals surface area contributed by atoms with Crippen LogP contribution in [0.3, 0.4) is 0 Å². The average Bonchev–Trinajstić information content (AvgIpc) is 3.53. The van der Waals surface area contributed by atoms with Crippen LogP contribution in [0.25, 0.3) is 22.4 Å². The molecule has 0 unspecified atom stereocenters. The van der Waals surface area contributed by atoms with Gasteiger partial charge in [0.1, 0.15) is 5.60 Å². The first kappa shape index (κ1) is 26.0. The number of hydrogen-bond donors (Lipinski definition) is 2. The lowest BCUT2D eigenvalue weighted by atomic mass is 10.1. The Morgan fingerprint density at radius 3 is 2.51 bits per heavy atom. The second kappa shape index (κ2) is 9.76. The molecule has 0 spiro atoms. The monoisotopic (exact) mass is 506 g/mol. The minimum absolute atomic E-state index is 0.102. The number of aromatic nitrogens is 4. The highest BCUT2D eigenvalue weighted by molar-refractivity contribution is 6.01. The SMILES string of the molecule is CCn1c(-c2noc(CNC(=O)c3ccn(C(C)(C)C)c3)n2)cc2c(NC(=O)OC(C)(C)C)cccc21. The first-order valence-corrected chi connectivity index (χ1v) is 12.3. The van der Waals surface area contributed by atoms with E-state index in [0.29, 0.717) is 29.5 Å². The Balaban J connectivity index is 1.53. The predicted octanol–water partition coefficient (Wildman–Crippen LogP) is 5.54. The number of ether oxygens (including phenoxy) is 1. The Morgan fingerprint density at radius 2 is 1.86 bits per heavy atom. The first-order chi connectivity index (χ1) is 17.4. The summed E-state index contributed by atoms with van der Waals surface area (Å²) in [6.45, 7) is 14.4. The van der Waals surface area contributed by atoms with E-state index in [-0.39, 0.29) is 18.0 Å². The molecule has 0 radical (unpaired) electrons. The Labute approximate surface area is 216 Å². The van der Waals surface area contributed by atoms with Gasteiger partial charge < -0.3 is 23.7 Å². The van der Waals surface area contributed by atoms with Crippen molar-refractivity contribution in [2.24, 2.45) is 0 Å². The third-order valence-corrected chi connectivity index (χ3v) is 5.72. The van der Waals surface area contributed by atoms with Crippen molar-refractivity contribution in [3.8, 4) is 11.5 Å². The van der Waals surface area contributed by atoms with Crippen molar-refractivity contribution in [3.63, 3.8) is 0 Å². The molecular weight excluding hydrogens is 472 g/mol. The molecule has 4 rings (SSSR count). The van der Waals surface area contributed by atoms with Crippen LogP contribution in [0.2, 0.25) is 0 Å². The number of carbonyl (C=O) groups is 2. The van der Waals surface area contributed by atoms with Crippen LogP contribution < -0.4 is 10.6 Å². The Kier molecular flexibility index (Phi) is 6.86. The van der Waals surface area contributed by atoms with E-state index in [2.05, 4.69) is 41.5 Å². The highest BCUT2D eigenvalue weighted by atomic mass is 16.6. The molecule has 1 aromatic carbocycles. The third-order valence-electron chi connectivity index (χ3n) is 5.72. The highest BCUT2D eigenvalue weighted by Crippen LogP contribution is 2.32. The molecule has 3 aromatic heterocycles. The summed E-state index contributed by atoms with van der Waals surface area (Å²) in [6.07, 6.45) is 3.17. The van der Waals surface area contributed by atoms with E-state index >= 15 is 0 Å². The molecule has 0 aliphatic rings. The van der Waals surface area contributed by atoms with E-state index in [1.54, 1.807) is 6.07 Å². The molecule has 3 heterocycles. The summed E-state index contributed by atoms with van der Waals surface area (Å²) >= 11 is 0. The molecule has 0 fully saturated rings. The largest absolute Gasteiger partial charge is 0.444 e. The fourth-order valence-electron chi connectivity index (χ4n) is 3.97. The molecule has 10 nitrogen and oxygen atoms in total. The van der Waals surface area contributed by atoms with Gasteiger partial charge in [-0.2, -0.15) is 4.98 Å². The molecule has 196 valence electrons. The van der Waals surface area contributed by atoms with Crippen molar-refractivity contribution < 1.29 is 18.8 Å². The molecule has 0 aliphatic heterocycles. The van der Waals surface area contributed by atoms with Gasteiger partial charge in [-0.25, -0.2) is 4.79 Å². The molecule has 2 amide bonds. The summed E-state index contributed by atoms with van der Waals surface area (Å²) in [5.41, 5.74) is 2.11. The number of nitrogens with one attached hydrogen (secondary N) is 2. The number of rotatable bonds is 6. The average molecular weight is 507 g/mol. The van der Waals surface area contributed by atoms with Crippen LogP contribution in [0.1, 0.15) is 64.7 Å². The van der Waals surface area contributed by atoms with Gasteiger partial charge in [0.2, 0.25) is 11.7 Å². The fraction of sp³-hybridized carbons (Fsp3) is 0.407. The van der Waals surface area contributed by atoms with Crippen molar-refractivity contribution in [2.45, 2.75) is 72.7 Å². The van der Waals surface area contributed by atoms with E-state index in [1.165, 1.54) is 0 Å². The summed E-state index contributed by atoms with van der Waals surface area (Å²) in [6, 6.07) is 9.35. The standard InChI is InChI=1S/C27H34N6O4/c1-8-33-20-11-9-10-19(29-25(35)36-27(5,6)7)18(20)14-21(33)23-30-22(37-31-23)15-28-24(34)17-12-13-32(16-17)26(2,3)4/h9-14,16H,8,15H2,1-7H3,(H,28,34)(H,29,35). The van der Waals surface area contributed by atoms with Crippen LogP contribution in [0.15, 0.2) is 47.2 Å². The Hall–Kier alpha value is -4.08. The summed E-state index contributed by atoms with van der Waals surface area (Å²) in [5, 5.41) is 10.6. The van der Waals surface area contributed by atoms with Crippen LogP contribution in [0, 0.1) is 0 Å². The van der Waals surface area contributed by atoms with Crippen molar-refractivity contribution >= 4 is 28.6 Å². The second-order valence-electron chi connectivity index (χ2n) is 10.8. The first-order valence-electron chi connectivity index (χ1n) is 12.3. The maximum Gasteiger partial charge on any atom is 0.412 e. The van der Waals surface area contributed by atoms with Gasteiger partial charge in [-0.1, -0.05) is 11.2 Å². The zero-order valence-electron chi connectivity index (χ0n) is 22.4. The zero-order valence-corrected chi connectivity index (χ0v) is 22.4. The number of anilines is 1. The van der Waals surface area contributed by atoms with Crippen molar-refractivity contribution in [3.05, 3.63) is 54.2 Å². The van der Waals surface area contributed by atoms with Gasteiger partial charge in [0.15, 0.2) is 0 Å². The third kappa shape index (κ3) is 5.84. The van der Waals surface area contributed by atoms with Crippen LogP contribution in [0.4, 0.5) is 10.5 Å². The molecule has 37 heavy (non-hydrogen) atoms. The molecule has 2 N–H and O–H groups in total. The smallest absolute Gasteiger partial charge is 0.412 e. The minimum atomic E-state index is -0.606. The fourth-order valence-corrected chi connectivity index (χ4v) is 3.97. The molecule has 0 saturated heterocycles. The van der Waals surface area contributed by atoms with E-state index in [4.69, 9.17) is 9.26 Å². The van der Waals surface area contributed by atoms with Gasteiger partial charge in [0.05, 0.1) is 29.0 Å². The lowest BCUT2D eigenvalue weighted by molar-refractivity contribution is 0.0636. The minimum Gasteiger partial charge on any atom is -0.444 e. The number of nitrogens with zero attached hydrogens (tertiary/aromatic N) is 4. The summed E-state index contributed by atoms with van der Waals surface area (Å²) in [5.74, 6) is 0.464. The van der Waals surface area contributed by atoms with Crippen LogP contribution in [-0.4, -0.2) is 36.9 Å². The van der Waals surface area contributed by atoms with Gasteiger partial charge in [0.25, 0.3) is 5.91 Å². The van der Waals surface area contributed by atoms with Gasteiger partial charge in [-0.05, 0) is 72.7 Å². The number of amides is 2. The molecule has 4 aromatic rings. The number of fused-ring (bicyclic) bond motifs is 1. The van der Waals surface area contributed by atoms with Crippen molar-refractivity contribution in [1.82, 2.24) is 24.6 Å². The summed E-state index contributed by atoms with van der Waals surface area (Å²) < 4.78 is 14.9. The van der Waals surface area contributed by atoms with E-state index in [9.17, 15) is 9.59 Å². The number of hydrogen-bond acceptors (Lipinski definition) is 6. The van der Waals surface area contributed by atoms with Gasteiger partial charge >= 0.3 is 6.09 Å². The number of aryl methyl sites for hydroxylation is 1. The van der Waals surface area contributed by atoms with Crippen LogP contribution >= 0.6 is 0 Å². The summed E-state index contributed by atoms with van der Waals surface area (Å²) in [4.78, 5) is 29.5. The maximum atomic E-state index is 12.6. The van der Waals surface area contributed by atoms with Gasteiger partial charge in [0, 0.05) is 29.9 Å². The summed E-state index contributed by atoms with van der Waals surface area (Å²) in [7, 11) is 0. The van der Waals surface area contributed by atoms with Gasteiger partial charge in [-0.3, -0.25) is 10.1 Å². The number of carbonyl (C=O) groups excluding carboxylic acids is 2. The molecule has 0 aliphatic carbocycles. The highest BCUT2D eigenvalue weighted by Gasteiger charge is 2.21. The van der Waals surface area contributed by atoms with Crippen LogP contribution in [0.5, 0.6) is 0 Å². The molecule has 10 heteroatoms. The van der Waals surface area contributed by atoms with Crippen molar-refractivity contribution in [2.75, 3.05) is 5.32 Å². The molecular formula is C27H34N6O4. The van der Waals surface area contributed by atoms with Crippen molar-refractivity contribution in [1.29, 1.82) is 0 Å². The normalized spacial score (nSPS) is 12.1. The number of benzene rings is 1. The second-order valence-corrected chi connectivity index (χ2v) is 10.8. The lowest BCUT2D eigenvalue weighted by Gasteiger charge is -2.20. The lowest BCUT2D eigenvalue weighted by Crippen LogP contribution is -2.27. The predicted molar refractivity (Wildman–Crippen MR) is 141 cm³/mol. The zero-order chi connectivity index (χ0) is 27.0. The van der Waals surface area contributed by atoms with Gasteiger partial charge in [-0.15, -0.1) is 0 Å². The van der Waals surface area contributed by atoms with E-state index in [1.807, 2.05) is 73.5 Å². The quantitative estimate of drug-likeness (QED) is 0.354. The van der Waals surface area contributed by atoms with E-state index in [0.717, 1.165) is 16.6 Å². The molecule has 0 saturated carbocycles.